The van der Waals surface area contributed by atoms with Gasteiger partial charge >= 0.3 is 0 Å². The fourth-order valence-corrected chi connectivity index (χ4v) is 1.55. The van der Waals surface area contributed by atoms with Gasteiger partial charge in [-0.2, -0.15) is 0 Å². The van der Waals surface area contributed by atoms with Crippen molar-refractivity contribution in [1.82, 2.24) is 9.55 Å². The number of nitrogens with one attached hydrogen (secondary N) is 1. The van der Waals surface area contributed by atoms with Crippen LogP contribution < -0.4 is 10.9 Å². The molecule has 1 rings (SSSR count). The zero-order valence-electron chi connectivity index (χ0n) is 10.1. The molecule has 0 spiro atoms. The molecule has 0 amide bonds. The number of aryl methyl sites for hydroxylation is 1. The van der Waals surface area contributed by atoms with Gasteiger partial charge in [-0.05, 0) is 13.3 Å². The summed E-state index contributed by atoms with van der Waals surface area (Å²) in [6.45, 7) is 4.61. The fraction of sp³-hybridized carbons (Fsp3) is 0.636. The van der Waals surface area contributed by atoms with Gasteiger partial charge in [0.15, 0.2) is 0 Å². The summed E-state index contributed by atoms with van der Waals surface area (Å²) in [7, 11) is 1.69. The van der Waals surface area contributed by atoms with Crippen molar-refractivity contribution >= 4 is 5.95 Å². The van der Waals surface area contributed by atoms with E-state index in [1.165, 1.54) is 4.57 Å². The second-order valence-electron chi connectivity index (χ2n) is 3.76. The maximum atomic E-state index is 11.9. The zero-order chi connectivity index (χ0) is 12.1. The second-order valence-corrected chi connectivity index (χ2v) is 3.76. The number of hydrogen-bond donors (Lipinski definition) is 2. The summed E-state index contributed by atoms with van der Waals surface area (Å²) in [5, 5.41) is 12.0. The summed E-state index contributed by atoms with van der Waals surface area (Å²) >= 11 is 0. The molecule has 0 unspecified atom stereocenters. The van der Waals surface area contributed by atoms with Crippen molar-refractivity contribution in [3.8, 4) is 0 Å². The van der Waals surface area contributed by atoms with Gasteiger partial charge in [0.05, 0.1) is 5.69 Å². The highest BCUT2D eigenvalue weighted by Gasteiger charge is 2.10. The minimum Gasteiger partial charge on any atom is -0.396 e. The number of hydrogen-bond acceptors (Lipinski definition) is 4. The number of nitrogens with zero attached hydrogens (tertiary/aromatic N) is 2. The quantitative estimate of drug-likeness (QED) is 0.763. The highest BCUT2D eigenvalue weighted by atomic mass is 16.3. The molecular formula is C11H19N3O2. The Bertz CT molecular complexity index is 412. The smallest absolute Gasteiger partial charge is 0.258 e. The van der Waals surface area contributed by atoms with Crippen molar-refractivity contribution in [2.75, 3.05) is 18.5 Å². The highest BCUT2D eigenvalue weighted by Crippen LogP contribution is 2.05. The van der Waals surface area contributed by atoms with Crippen LogP contribution in [0.4, 0.5) is 5.95 Å². The third kappa shape index (κ3) is 2.61. The minimum absolute atomic E-state index is 0.0283. The molecule has 5 nitrogen and oxygen atoms in total. The first-order chi connectivity index (χ1) is 7.61. The highest BCUT2D eigenvalue weighted by molar-refractivity contribution is 5.31. The van der Waals surface area contributed by atoms with Crippen LogP contribution in [0.5, 0.6) is 0 Å². The molecule has 0 atom stereocenters. The Labute approximate surface area is 95.1 Å². The van der Waals surface area contributed by atoms with Gasteiger partial charge in [0, 0.05) is 32.2 Å². The van der Waals surface area contributed by atoms with Crippen molar-refractivity contribution in [2.45, 2.75) is 26.7 Å². The largest absolute Gasteiger partial charge is 0.396 e. The molecule has 1 heterocycles. The number of aromatic nitrogens is 2. The molecule has 0 fully saturated rings. The molecule has 0 bridgehead atoms. The van der Waals surface area contributed by atoms with Crippen LogP contribution in [0.15, 0.2) is 4.79 Å². The summed E-state index contributed by atoms with van der Waals surface area (Å²) in [5.41, 5.74) is 1.20. The maximum absolute atomic E-state index is 11.9. The van der Waals surface area contributed by atoms with Crippen LogP contribution in [0.2, 0.25) is 0 Å². The lowest BCUT2D eigenvalue weighted by atomic mass is 10.2. The van der Waals surface area contributed by atoms with E-state index in [0.717, 1.165) is 13.0 Å². The third-order valence-electron chi connectivity index (χ3n) is 2.49. The van der Waals surface area contributed by atoms with E-state index in [4.69, 9.17) is 5.11 Å². The van der Waals surface area contributed by atoms with E-state index in [-0.39, 0.29) is 12.2 Å². The molecule has 0 radical (unpaired) electrons. The van der Waals surface area contributed by atoms with Crippen molar-refractivity contribution in [1.29, 1.82) is 0 Å². The predicted octanol–water partition coefficient (Wildman–Crippen LogP) is 0.445. The summed E-state index contributed by atoms with van der Waals surface area (Å²) in [6, 6.07) is 0. The molecular weight excluding hydrogens is 206 g/mol. The third-order valence-corrected chi connectivity index (χ3v) is 2.49. The van der Waals surface area contributed by atoms with Crippen molar-refractivity contribution in [2.24, 2.45) is 7.05 Å². The Hall–Kier alpha value is -1.36. The second kappa shape index (κ2) is 5.65. The average Bonchev–Trinajstić information content (AvgIpc) is 2.27. The Morgan fingerprint density at radius 3 is 2.75 bits per heavy atom. The van der Waals surface area contributed by atoms with Crippen LogP contribution in [0.1, 0.15) is 24.6 Å². The Morgan fingerprint density at radius 2 is 2.19 bits per heavy atom. The molecule has 1 aromatic heterocycles. The fourth-order valence-electron chi connectivity index (χ4n) is 1.55. The standard InChI is InChI=1S/C11H19N3O2/c1-4-6-12-11-13-8(2)9(5-7-15)10(16)14(11)3/h15H,4-7H2,1-3H3,(H,12,13). The SMILES string of the molecule is CCCNc1nc(C)c(CCO)c(=O)n1C. The number of aliphatic hydroxyl groups is 1. The van der Waals surface area contributed by atoms with Crippen LogP contribution in [0, 0.1) is 6.92 Å². The maximum Gasteiger partial charge on any atom is 0.258 e. The molecule has 0 saturated carbocycles. The minimum atomic E-state index is -0.0832. The van der Waals surface area contributed by atoms with Crippen LogP contribution in [-0.2, 0) is 13.5 Å². The first-order valence-corrected chi connectivity index (χ1v) is 5.53. The lowest BCUT2D eigenvalue weighted by Crippen LogP contribution is -2.27. The van der Waals surface area contributed by atoms with Gasteiger partial charge in [-0.15, -0.1) is 0 Å². The predicted molar refractivity (Wildman–Crippen MR) is 63.8 cm³/mol. The van der Waals surface area contributed by atoms with E-state index in [0.29, 0.717) is 23.6 Å². The number of rotatable bonds is 5. The van der Waals surface area contributed by atoms with E-state index in [2.05, 4.69) is 17.2 Å². The van der Waals surface area contributed by atoms with E-state index in [9.17, 15) is 4.79 Å². The first kappa shape index (κ1) is 12.7. The first-order valence-electron chi connectivity index (χ1n) is 5.53. The van der Waals surface area contributed by atoms with Crippen LogP contribution in [0.25, 0.3) is 0 Å². The van der Waals surface area contributed by atoms with Gasteiger partial charge in [0.2, 0.25) is 5.95 Å². The molecule has 0 aliphatic heterocycles. The summed E-state index contributed by atoms with van der Waals surface area (Å²) in [5.74, 6) is 0.589. The summed E-state index contributed by atoms with van der Waals surface area (Å²) < 4.78 is 1.49. The Balaban J connectivity index is 3.12. The summed E-state index contributed by atoms with van der Waals surface area (Å²) in [4.78, 5) is 16.3. The lowest BCUT2D eigenvalue weighted by molar-refractivity contribution is 0.298. The molecule has 90 valence electrons. The topological polar surface area (TPSA) is 67.2 Å². The van der Waals surface area contributed by atoms with Gasteiger partial charge in [0.1, 0.15) is 0 Å². The van der Waals surface area contributed by atoms with Crippen LogP contribution in [-0.4, -0.2) is 27.8 Å². The van der Waals surface area contributed by atoms with Crippen molar-refractivity contribution in [3.63, 3.8) is 0 Å². The Morgan fingerprint density at radius 1 is 1.50 bits per heavy atom. The molecule has 5 heteroatoms. The van der Waals surface area contributed by atoms with E-state index < -0.39 is 0 Å². The number of aliphatic hydroxyl groups excluding tert-OH is 1. The molecule has 1 aromatic rings. The molecule has 0 aliphatic carbocycles. The van der Waals surface area contributed by atoms with Gasteiger partial charge in [-0.25, -0.2) is 4.98 Å². The van der Waals surface area contributed by atoms with Gasteiger partial charge in [-0.3, -0.25) is 9.36 Å². The molecule has 0 aromatic carbocycles. The van der Waals surface area contributed by atoms with E-state index in [1.54, 1.807) is 14.0 Å². The molecule has 16 heavy (non-hydrogen) atoms. The normalized spacial score (nSPS) is 10.5. The van der Waals surface area contributed by atoms with Crippen LogP contribution in [0.3, 0.4) is 0 Å². The van der Waals surface area contributed by atoms with E-state index in [1.807, 2.05) is 0 Å². The molecule has 0 aliphatic rings. The van der Waals surface area contributed by atoms with Gasteiger partial charge < -0.3 is 10.4 Å². The number of anilines is 1. The van der Waals surface area contributed by atoms with Gasteiger partial charge in [-0.1, -0.05) is 6.92 Å². The molecule has 2 N–H and O–H groups in total. The monoisotopic (exact) mass is 225 g/mol. The Kier molecular flexibility index (Phi) is 4.49. The van der Waals surface area contributed by atoms with Crippen molar-refractivity contribution < 1.29 is 5.11 Å². The van der Waals surface area contributed by atoms with Gasteiger partial charge in [0.25, 0.3) is 5.56 Å². The molecule has 0 saturated heterocycles. The zero-order valence-corrected chi connectivity index (χ0v) is 10.1. The lowest BCUT2D eigenvalue weighted by Gasteiger charge is -2.12. The average molecular weight is 225 g/mol. The van der Waals surface area contributed by atoms with Crippen molar-refractivity contribution in [3.05, 3.63) is 21.6 Å². The van der Waals surface area contributed by atoms with Crippen LogP contribution >= 0.6 is 0 Å². The summed E-state index contributed by atoms with van der Waals surface area (Å²) in [6.07, 6.45) is 1.34. The van der Waals surface area contributed by atoms with E-state index >= 15 is 0 Å².